The predicted octanol–water partition coefficient (Wildman–Crippen LogP) is 3.37. The third-order valence-corrected chi connectivity index (χ3v) is 6.44. The number of fused-ring (bicyclic) bond motifs is 1. The zero-order chi connectivity index (χ0) is 18.4. The van der Waals surface area contributed by atoms with Crippen molar-refractivity contribution < 1.29 is 29.7 Å². The van der Waals surface area contributed by atoms with Crippen molar-refractivity contribution in [3.8, 4) is 0 Å². The van der Waals surface area contributed by atoms with Gasteiger partial charge in [0.1, 0.15) is 0 Å². The van der Waals surface area contributed by atoms with Gasteiger partial charge in [-0.15, -0.1) is 35.3 Å². The van der Waals surface area contributed by atoms with Crippen LogP contribution in [0.3, 0.4) is 0 Å². The molecule has 25 heavy (non-hydrogen) atoms. The van der Waals surface area contributed by atoms with Gasteiger partial charge in [0.15, 0.2) is 0 Å². The Bertz CT molecular complexity index is 821. The highest BCUT2D eigenvalue weighted by molar-refractivity contribution is 8.04. The molecule has 0 amide bonds. The van der Waals surface area contributed by atoms with E-state index in [0.29, 0.717) is 14.7 Å². The van der Waals surface area contributed by atoms with E-state index in [1.165, 1.54) is 0 Å². The van der Waals surface area contributed by atoms with Crippen molar-refractivity contribution in [1.82, 2.24) is 0 Å². The molecule has 2 aromatic rings. The summed E-state index contributed by atoms with van der Waals surface area (Å²) in [6.07, 6.45) is 0. The minimum absolute atomic E-state index is 0.165. The molecule has 0 saturated carbocycles. The molecule has 132 valence electrons. The summed E-state index contributed by atoms with van der Waals surface area (Å²) in [5.41, 5.74) is 0. The maximum atomic E-state index is 11.0. The summed E-state index contributed by atoms with van der Waals surface area (Å²) >= 11 is 3.28. The van der Waals surface area contributed by atoms with Gasteiger partial charge in [0.2, 0.25) is 0 Å². The number of aliphatic carboxylic acids is 3. The third kappa shape index (κ3) is 5.58. The number of benzene rings is 2. The van der Waals surface area contributed by atoms with E-state index in [2.05, 4.69) is 0 Å². The van der Waals surface area contributed by atoms with Crippen LogP contribution >= 0.6 is 35.3 Å². The highest BCUT2D eigenvalue weighted by Gasteiger charge is 2.18. The van der Waals surface area contributed by atoms with Gasteiger partial charge in [-0.2, -0.15) is 0 Å². The summed E-state index contributed by atoms with van der Waals surface area (Å²) in [5.74, 6) is -3.49. The molecule has 0 saturated heterocycles. The van der Waals surface area contributed by atoms with Gasteiger partial charge < -0.3 is 15.3 Å². The Labute approximate surface area is 156 Å². The largest absolute Gasteiger partial charge is 0.481 e. The summed E-state index contributed by atoms with van der Waals surface area (Å²) < 4.78 is 0. The lowest BCUT2D eigenvalue weighted by atomic mass is 10.1. The van der Waals surface area contributed by atoms with Gasteiger partial charge in [0.05, 0.1) is 17.3 Å². The number of rotatable bonds is 9. The molecule has 0 aromatic heterocycles. The topological polar surface area (TPSA) is 112 Å². The minimum atomic E-state index is -0.999. The first kappa shape index (κ1) is 19.5. The molecule has 0 fully saturated rings. The Balaban J connectivity index is 2.56. The maximum absolute atomic E-state index is 11.0. The van der Waals surface area contributed by atoms with Crippen LogP contribution in [-0.2, 0) is 14.4 Å². The zero-order valence-corrected chi connectivity index (χ0v) is 15.2. The normalized spacial score (nSPS) is 10.7. The molecule has 0 aliphatic heterocycles. The van der Waals surface area contributed by atoms with Crippen LogP contribution in [0.15, 0.2) is 45.0 Å². The molecule has 0 heterocycles. The number of carboxylic acids is 3. The molecule has 9 heteroatoms. The molecule has 0 aliphatic rings. The second kappa shape index (κ2) is 9.02. The van der Waals surface area contributed by atoms with Gasteiger partial charge in [-0.25, -0.2) is 0 Å². The minimum Gasteiger partial charge on any atom is -0.481 e. The molecule has 0 unspecified atom stereocenters. The van der Waals surface area contributed by atoms with Crippen LogP contribution in [0.5, 0.6) is 0 Å². The molecular weight excluding hydrogens is 384 g/mol. The summed E-state index contributed by atoms with van der Waals surface area (Å²) in [6, 6.07) is 9.18. The second-order valence-electron chi connectivity index (χ2n) is 4.80. The smallest absolute Gasteiger partial charge is 0.313 e. The third-order valence-electron chi connectivity index (χ3n) is 2.95. The van der Waals surface area contributed by atoms with E-state index in [1.807, 2.05) is 30.3 Å². The fourth-order valence-corrected chi connectivity index (χ4v) is 5.12. The van der Waals surface area contributed by atoms with Crippen LogP contribution in [0.25, 0.3) is 10.8 Å². The molecule has 0 aliphatic carbocycles. The monoisotopic (exact) mass is 398 g/mol. The number of hydrogen-bond donors (Lipinski definition) is 3. The van der Waals surface area contributed by atoms with Crippen LogP contribution in [0.1, 0.15) is 0 Å². The number of carboxylic acid groups (broad SMARTS) is 3. The second-order valence-corrected chi connectivity index (χ2v) is 7.79. The van der Waals surface area contributed by atoms with E-state index in [-0.39, 0.29) is 17.3 Å². The van der Waals surface area contributed by atoms with Gasteiger partial charge >= 0.3 is 17.9 Å². The lowest BCUT2D eigenvalue weighted by Gasteiger charge is -2.16. The van der Waals surface area contributed by atoms with E-state index in [0.717, 1.165) is 46.1 Å². The van der Waals surface area contributed by atoms with Gasteiger partial charge in [0.25, 0.3) is 0 Å². The van der Waals surface area contributed by atoms with Crippen molar-refractivity contribution in [1.29, 1.82) is 0 Å². The predicted molar refractivity (Wildman–Crippen MR) is 99.0 cm³/mol. The first-order chi connectivity index (χ1) is 11.9. The highest BCUT2D eigenvalue weighted by Crippen LogP contribution is 2.43. The Kier molecular flexibility index (Phi) is 7.03. The summed E-state index contributed by atoms with van der Waals surface area (Å²) in [6.45, 7) is 0. The van der Waals surface area contributed by atoms with E-state index >= 15 is 0 Å². The molecule has 3 N–H and O–H groups in total. The van der Waals surface area contributed by atoms with Crippen molar-refractivity contribution in [2.75, 3.05) is 17.3 Å². The van der Waals surface area contributed by atoms with Gasteiger partial charge in [-0.1, -0.05) is 24.3 Å². The number of thioether (sulfide) groups is 3. The molecule has 2 aromatic carbocycles. The average molecular weight is 398 g/mol. The van der Waals surface area contributed by atoms with Crippen LogP contribution < -0.4 is 0 Å². The Morgan fingerprint density at radius 3 is 1.88 bits per heavy atom. The van der Waals surface area contributed by atoms with Crippen LogP contribution in [-0.4, -0.2) is 50.5 Å². The fourth-order valence-electron chi connectivity index (χ4n) is 2.07. The molecule has 0 radical (unpaired) electrons. The maximum Gasteiger partial charge on any atom is 0.313 e. The standard InChI is InChI=1S/C16H14O6S3/c17-12(18)6-23-11-5-9-3-1-2-4-10(9)15(24-7-13(19)20)16(11)25-8-14(21)22/h1-5H,6-8H2,(H,17,18)(H,19,20)(H,21,22). The lowest BCUT2D eigenvalue weighted by Crippen LogP contribution is -2.02. The van der Waals surface area contributed by atoms with Crippen molar-refractivity contribution in [2.24, 2.45) is 0 Å². The van der Waals surface area contributed by atoms with Crippen molar-refractivity contribution >= 4 is 64.0 Å². The van der Waals surface area contributed by atoms with Crippen molar-refractivity contribution in [3.05, 3.63) is 30.3 Å². The fraction of sp³-hybridized carbons (Fsp3) is 0.188. The Hall–Kier alpha value is -1.84. The number of hydrogen-bond acceptors (Lipinski definition) is 6. The summed E-state index contributed by atoms with van der Waals surface area (Å²) in [5, 5.41) is 28.6. The molecular formula is C16H14O6S3. The molecule has 0 spiro atoms. The Morgan fingerprint density at radius 1 is 0.760 bits per heavy atom. The van der Waals surface area contributed by atoms with E-state index < -0.39 is 17.9 Å². The van der Waals surface area contributed by atoms with Crippen LogP contribution in [0, 0.1) is 0 Å². The van der Waals surface area contributed by atoms with Gasteiger partial charge in [-0.05, 0) is 16.8 Å². The first-order valence-electron chi connectivity index (χ1n) is 6.98. The van der Waals surface area contributed by atoms with Gasteiger partial charge in [0, 0.05) is 14.7 Å². The van der Waals surface area contributed by atoms with Crippen LogP contribution in [0.4, 0.5) is 0 Å². The molecule has 2 rings (SSSR count). The highest BCUT2D eigenvalue weighted by atomic mass is 32.2. The van der Waals surface area contributed by atoms with E-state index in [1.54, 1.807) is 0 Å². The quantitative estimate of drug-likeness (QED) is 0.547. The zero-order valence-electron chi connectivity index (χ0n) is 12.8. The van der Waals surface area contributed by atoms with Crippen molar-refractivity contribution in [3.63, 3.8) is 0 Å². The van der Waals surface area contributed by atoms with Gasteiger partial charge in [-0.3, -0.25) is 14.4 Å². The number of carbonyl (C=O) groups is 3. The Morgan fingerprint density at radius 2 is 1.28 bits per heavy atom. The first-order valence-corrected chi connectivity index (χ1v) is 9.93. The molecule has 6 nitrogen and oxygen atoms in total. The summed E-state index contributed by atoms with van der Waals surface area (Å²) in [4.78, 5) is 34.8. The van der Waals surface area contributed by atoms with E-state index in [9.17, 15) is 14.4 Å². The molecule has 0 bridgehead atoms. The van der Waals surface area contributed by atoms with Crippen molar-refractivity contribution in [2.45, 2.75) is 14.7 Å². The van der Waals surface area contributed by atoms with Crippen LogP contribution in [0.2, 0.25) is 0 Å². The molecule has 0 atom stereocenters. The summed E-state index contributed by atoms with van der Waals surface area (Å²) in [7, 11) is 0. The van der Waals surface area contributed by atoms with E-state index in [4.69, 9.17) is 15.3 Å². The average Bonchev–Trinajstić information content (AvgIpc) is 2.55. The SMILES string of the molecule is O=C(O)CSc1cc2ccccc2c(SCC(=O)O)c1SCC(=O)O. The lowest BCUT2D eigenvalue weighted by molar-refractivity contribution is -0.135.